The zero-order chi connectivity index (χ0) is 15.4. The minimum Gasteiger partial charge on any atom is -0.338 e. The molecule has 0 fully saturated rings. The number of amides is 1. The average Bonchev–Trinajstić information content (AvgIpc) is 2.80. The fourth-order valence-electron chi connectivity index (χ4n) is 2.26. The van der Waals surface area contributed by atoms with Crippen LogP contribution in [0, 0.1) is 13.8 Å². The summed E-state index contributed by atoms with van der Waals surface area (Å²) in [6.45, 7) is 9.37. The minimum absolute atomic E-state index is 0.0374. The van der Waals surface area contributed by atoms with Crippen molar-refractivity contribution >= 4 is 11.6 Å². The van der Waals surface area contributed by atoms with Crippen LogP contribution in [0.15, 0.2) is 30.5 Å². The highest BCUT2D eigenvalue weighted by atomic mass is 16.2. The van der Waals surface area contributed by atoms with Gasteiger partial charge in [0, 0.05) is 30.7 Å². The molecular weight excluding hydrogens is 264 g/mol. The molecule has 0 spiro atoms. The van der Waals surface area contributed by atoms with Gasteiger partial charge < -0.3 is 4.90 Å². The molecule has 0 aromatic carbocycles. The largest absolute Gasteiger partial charge is 0.338 e. The van der Waals surface area contributed by atoms with Crippen LogP contribution in [0.1, 0.15) is 35.7 Å². The molecule has 0 saturated heterocycles. The molecule has 2 rings (SSSR count). The summed E-state index contributed by atoms with van der Waals surface area (Å²) in [5.74, 6) is -0.0374. The van der Waals surface area contributed by atoms with Gasteiger partial charge in [0.15, 0.2) is 0 Å². The first-order valence-corrected chi connectivity index (χ1v) is 7.24. The van der Waals surface area contributed by atoms with Crippen LogP contribution in [0.3, 0.4) is 0 Å². The van der Waals surface area contributed by atoms with Gasteiger partial charge >= 0.3 is 0 Å². The molecule has 0 aliphatic carbocycles. The van der Waals surface area contributed by atoms with Crippen molar-refractivity contribution in [2.24, 2.45) is 0 Å². The zero-order valence-corrected chi connectivity index (χ0v) is 13.1. The van der Waals surface area contributed by atoms with E-state index in [0.29, 0.717) is 18.8 Å². The summed E-state index contributed by atoms with van der Waals surface area (Å²) in [6.07, 6.45) is 1.66. The highest BCUT2D eigenvalue weighted by molar-refractivity contribution is 5.93. The van der Waals surface area contributed by atoms with E-state index in [1.54, 1.807) is 17.2 Å². The van der Waals surface area contributed by atoms with Crippen LogP contribution >= 0.6 is 0 Å². The van der Waals surface area contributed by atoms with Crippen LogP contribution < -0.4 is 5.43 Å². The maximum Gasteiger partial charge on any atom is 0.272 e. The summed E-state index contributed by atoms with van der Waals surface area (Å²) in [7, 11) is 0. The van der Waals surface area contributed by atoms with Crippen LogP contribution in [-0.2, 0) is 0 Å². The first kappa shape index (κ1) is 15.1. The molecule has 0 saturated carbocycles. The number of aryl methyl sites for hydroxylation is 2. The Bertz CT molecular complexity index is 609. The van der Waals surface area contributed by atoms with Crippen molar-refractivity contribution in [2.45, 2.75) is 27.7 Å². The lowest BCUT2D eigenvalue weighted by molar-refractivity contribution is 0.0767. The Kier molecular flexibility index (Phi) is 4.62. The van der Waals surface area contributed by atoms with Gasteiger partial charge in [-0.05, 0) is 52.0 Å². The molecule has 2 aromatic rings. The number of rotatable bonds is 5. The molecule has 0 radical (unpaired) electrons. The van der Waals surface area contributed by atoms with Crippen LogP contribution in [-0.4, -0.2) is 33.6 Å². The molecule has 5 heteroatoms. The molecule has 2 aromatic heterocycles. The standard InChI is InChI=1S/C16H22N4O/c1-5-19(6-2)16(21)15-11-14(9-10-17-15)18-20-12(3)7-8-13(20)4/h7-11H,5-6H2,1-4H3,(H,17,18). The lowest BCUT2D eigenvalue weighted by atomic mass is 10.3. The van der Waals surface area contributed by atoms with Crippen LogP contribution in [0.25, 0.3) is 0 Å². The van der Waals surface area contributed by atoms with E-state index in [1.165, 1.54) is 0 Å². The summed E-state index contributed by atoms with van der Waals surface area (Å²) >= 11 is 0. The molecule has 1 N–H and O–H groups in total. The van der Waals surface area contributed by atoms with Crippen molar-refractivity contribution in [1.82, 2.24) is 14.6 Å². The number of nitrogens with zero attached hydrogens (tertiary/aromatic N) is 3. The summed E-state index contributed by atoms with van der Waals surface area (Å²) in [5, 5.41) is 0. The quantitative estimate of drug-likeness (QED) is 0.919. The number of hydrogen-bond acceptors (Lipinski definition) is 3. The lowest BCUT2D eigenvalue weighted by Gasteiger charge is -2.18. The number of aromatic nitrogens is 2. The molecular formula is C16H22N4O. The predicted molar refractivity (Wildman–Crippen MR) is 84.4 cm³/mol. The van der Waals surface area contributed by atoms with E-state index in [0.717, 1.165) is 17.1 Å². The second kappa shape index (κ2) is 6.43. The molecule has 2 heterocycles. The Morgan fingerprint density at radius 3 is 2.38 bits per heavy atom. The minimum atomic E-state index is -0.0374. The molecule has 0 atom stereocenters. The summed E-state index contributed by atoms with van der Waals surface area (Å²) in [5.41, 5.74) is 6.83. The third kappa shape index (κ3) is 3.24. The summed E-state index contributed by atoms with van der Waals surface area (Å²) in [4.78, 5) is 18.3. The number of carbonyl (C=O) groups is 1. The van der Waals surface area contributed by atoms with E-state index in [4.69, 9.17) is 0 Å². The topological polar surface area (TPSA) is 50.2 Å². The molecule has 0 bridgehead atoms. The smallest absolute Gasteiger partial charge is 0.272 e. The van der Waals surface area contributed by atoms with Gasteiger partial charge in [0.25, 0.3) is 5.91 Å². The Balaban J connectivity index is 2.24. The van der Waals surface area contributed by atoms with Gasteiger partial charge in [-0.2, -0.15) is 0 Å². The van der Waals surface area contributed by atoms with Crippen molar-refractivity contribution in [3.05, 3.63) is 47.5 Å². The van der Waals surface area contributed by atoms with Gasteiger partial charge in [0.2, 0.25) is 0 Å². The molecule has 0 unspecified atom stereocenters. The highest BCUT2D eigenvalue weighted by Crippen LogP contribution is 2.13. The molecule has 1 amide bonds. The van der Waals surface area contributed by atoms with Gasteiger partial charge in [-0.25, -0.2) is 0 Å². The van der Waals surface area contributed by atoms with E-state index >= 15 is 0 Å². The summed E-state index contributed by atoms with van der Waals surface area (Å²) in [6, 6.07) is 7.74. The molecule has 0 aliphatic heterocycles. The van der Waals surface area contributed by atoms with E-state index in [-0.39, 0.29) is 5.91 Å². The average molecular weight is 286 g/mol. The first-order valence-electron chi connectivity index (χ1n) is 7.24. The molecule has 21 heavy (non-hydrogen) atoms. The molecule has 0 aliphatic rings. The molecule has 5 nitrogen and oxygen atoms in total. The lowest BCUT2D eigenvalue weighted by Crippen LogP contribution is -2.31. The zero-order valence-electron chi connectivity index (χ0n) is 13.1. The van der Waals surface area contributed by atoms with E-state index in [9.17, 15) is 4.79 Å². The van der Waals surface area contributed by atoms with Crippen LogP contribution in [0.5, 0.6) is 0 Å². The maximum absolute atomic E-state index is 12.3. The van der Waals surface area contributed by atoms with Crippen LogP contribution in [0.2, 0.25) is 0 Å². The number of nitrogens with one attached hydrogen (secondary N) is 1. The van der Waals surface area contributed by atoms with E-state index in [1.807, 2.05) is 50.6 Å². The van der Waals surface area contributed by atoms with Gasteiger partial charge in [-0.1, -0.05) is 0 Å². The van der Waals surface area contributed by atoms with Gasteiger partial charge in [0.05, 0.1) is 5.69 Å². The number of pyridine rings is 1. The van der Waals surface area contributed by atoms with E-state index < -0.39 is 0 Å². The van der Waals surface area contributed by atoms with Crippen LogP contribution in [0.4, 0.5) is 5.69 Å². The van der Waals surface area contributed by atoms with Crippen molar-refractivity contribution in [2.75, 3.05) is 18.5 Å². The second-order valence-electron chi connectivity index (χ2n) is 4.97. The second-order valence-corrected chi connectivity index (χ2v) is 4.97. The van der Waals surface area contributed by atoms with Crippen molar-refractivity contribution in [3.8, 4) is 0 Å². The molecule has 112 valence electrons. The first-order chi connectivity index (χ1) is 10.1. The Morgan fingerprint density at radius 2 is 1.81 bits per heavy atom. The maximum atomic E-state index is 12.3. The SMILES string of the molecule is CCN(CC)C(=O)c1cc(Nn2c(C)ccc2C)ccn1. The number of anilines is 1. The normalized spacial score (nSPS) is 10.5. The highest BCUT2D eigenvalue weighted by Gasteiger charge is 2.14. The third-order valence-electron chi connectivity index (χ3n) is 3.54. The predicted octanol–water partition coefficient (Wildman–Crippen LogP) is 2.86. The number of carbonyl (C=O) groups excluding carboxylic acids is 1. The van der Waals surface area contributed by atoms with Gasteiger partial charge in [-0.15, -0.1) is 0 Å². The van der Waals surface area contributed by atoms with Crippen molar-refractivity contribution < 1.29 is 4.79 Å². The Morgan fingerprint density at radius 1 is 1.19 bits per heavy atom. The number of hydrogen-bond donors (Lipinski definition) is 1. The fourth-order valence-corrected chi connectivity index (χ4v) is 2.26. The monoisotopic (exact) mass is 286 g/mol. The van der Waals surface area contributed by atoms with E-state index in [2.05, 4.69) is 10.4 Å². The van der Waals surface area contributed by atoms with Crippen molar-refractivity contribution in [1.29, 1.82) is 0 Å². The Labute approximate surface area is 125 Å². The third-order valence-corrected chi connectivity index (χ3v) is 3.54. The summed E-state index contributed by atoms with van der Waals surface area (Å²) < 4.78 is 1.99. The fraction of sp³-hybridized carbons (Fsp3) is 0.375. The Hall–Kier alpha value is -2.30. The van der Waals surface area contributed by atoms with Gasteiger partial charge in [-0.3, -0.25) is 19.9 Å². The van der Waals surface area contributed by atoms with Crippen molar-refractivity contribution in [3.63, 3.8) is 0 Å². The van der Waals surface area contributed by atoms with Gasteiger partial charge in [0.1, 0.15) is 5.69 Å².